The summed E-state index contributed by atoms with van der Waals surface area (Å²) in [6.45, 7) is 1.86. The number of carbonyl (C=O) groups excluding carboxylic acids is 1. The average molecular weight is 265 g/mol. The number of nitrogens with one attached hydrogen (secondary N) is 2. The minimum atomic E-state index is 0.0144. The van der Waals surface area contributed by atoms with Crippen LogP contribution >= 0.6 is 0 Å². The molecule has 2 unspecified atom stereocenters. The topological polar surface area (TPSA) is 33.5 Å². The third-order valence-electron chi connectivity index (χ3n) is 5.78. The number of likely N-dealkylation sites (N-methyl/N-ethyl adjacent to an activating group) is 1. The summed E-state index contributed by atoms with van der Waals surface area (Å²) in [7, 11) is 4.28. The third kappa shape index (κ3) is 2.67. The van der Waals surface area contributed by atoms with Crippen LogP contribution < -0.4 is 10.2 Å². The lowest BCUT2D eigenvalue weighted by Gasteiger charge is -2.44. The highest BCUT2D eigenvalue weighted by molar-refractivity contribution is 5.82. The second kappa shape index (κ2) is 5.08. The molecule has 4 bridgehead atoms. The number of hydrogen-bond donors (Lipinski definition) is 2. The van der Waals surface area contributed by atoms with Gasteiger partial charge in [0.25, 0.3) is 0 Å². The summed E-state index contributed by atoms with van der Waals surface area (Å²) in [4.78, 5) is 14.1. The summed E-state index contributed by atoms with van der Waals surface area (Å²) in [5.41, 5.74) is 0.0144. The van der Waals surface area contributed by atoms with Gasteiger partial charge in [-0.3, -0.25) is 4.79 Å². The molecule has 3 nitrogen and oxygen atoms in total. The van der Waals surface area contributed by atoms with E-state index >= 15 is 0 Å². The lowest BCUT2D eigenvalue weighted by molar-refractivity contribution is -0.856. The Bertz CT molecular complexity index is 339. The largest absolute Gasteiger partial charge is 0.350 e. The maximum atomic E-state index is 12.7. The number of rotatable bonds is 4. The zero-order valence-electron chi connectivity index (χ0n) is 12.5. The molecule has 1 amide bonds. The standard InChI is InChI=1S/C16H28N2O/c1-18(2)6-5-17-15(19)16-4-3-12-7-13(10-16)9-14(8-12)11-16/h12-14H,3-11H2,1-2H3,(H,17,19)/p+1. The molecule has 0 aliphatic heterocycles. The molecule has 0 aromatic carbocycles. The fourth-order valence-corrected chi connectivity index (χ4v) is 5.06. The van der Waals surface area contributed by atoms with E-state index in [0.29, 0.717) is 5.91 Å². The first-order valence-electron chi connectivity index (χ1n) is 8.15. The van der Waals surface area contributed by atoms with E-state index in [9.17, 15) is 4.79 Å². The molecule has 0 spiro atoms. The Morgan fingerprint density at radius 3 is 2.42 bits per heavy atom. The first-order valence-corrected chi connectivity index (χ1v) is 8.15. The van der Waals surface area contributed by atoms with Gasteiger partial charge >= 0.3 is 0 Å². The van der Waals surface area contributed by atoms with Gasteiger partial charge in [-0.05, 0) is 62.7 Å². The smallest absolute Gasteiger partial charge is 0.226 e. The Hall–Kier alpha value is -0.570. The third-order valence-corrected chi connectivity index (χ3v) is 5.78. The number of fused-ring (bicyclic) bond motifs is 1. The van der Waals surface area contributed by atoms with Gasteiger partial charge in [0.1, 0.15) is 0 Å². The molecule has 2 N–H and O–H groups in total. The summed E-state index contributed by atoms with van der Waals surface area (Å²) in [6, 6.07) is 0. The van der Waals surface area contributed by atoms with Gasteiger partial charge in [-0.2, -0.15) is 0 Å². The van der Waals surface area contributed by atoms with E-state index in [-0.39, 0.29) is 5.41 Å². The van der Waals surface area contributed by atoms with Crippen molar-refractivity contribution in [1.29, 1.82) is 0 Å². The van der Waals surface area contributed by atoms with E-state index in [2.05, 4.69) is 19.4 Å². The molecule has 3 heteroatoms. The van der Waals surface area contributed by atoms with Gasteiger partial charge in [0.05, 0.1) is 27.2 Å². The zero-order valence-corrected chi connectivity index (χ0v) is 12.5. The van der Waals surface area contributed by atoms with Gasteiger partial charge in [-0.25, -0.2) is 0 Å². The Morgan fingerprint density at radius 2 is 1.79 bits per heavy atom. The van der Waals surface area contributed by atoms with Crippen LogP contribution in [-0.4, -0.2) is 33.1 Å². The number of hydrogen-bond acceptors (Lipinski definition) is 1. The van der Waals surface area contributed by atoms with Crippen molar-refractivity contribution in [2.75, 3.05) is 27.2 Å². The van der Waals surface area contributed by atoms with E-state index < -0.39 is 0 Å². The summed E-state index contributed by atoms with van der Waals surface area (Å²) in [5.74, 6) is 3.02. The molecule has 4 rings (SSSR count). The molecule has 4 saturated carbocycles. The van der Waals surface area contributed by atoms with Crippen molar-refractivity contribution in [3.8, 4) is 0 Å². The second-order valence-electron chi connectivity index (χ2n) is 7.75. The van der Waals surface area contributed by atoms with Gasteiger partial charge in [0.2, 0.25) is 5.91 Å². The first-order chi connectivity index (χ1) is 9.07. The minimum absolute atomic E-state index is 0.0144. The van der Waals surface area contributed by atoms with Crippen molar-refractivity contribution in [3.63, 3.8) is 0 Å². The molecule has 0 aromatic rings. The summed E-state index contributed by atoms with van der Waals surface area (Å²) in [6.07, 6.45) is 9.06. The predicted octanol–water partition coefficient (Wildman–Crippen LogP) is 0.854. The number of carbonyl (C=O) groups is 1. The fourth-order valence-electron chi connectivity index (χ4n) is 5.06. The van der Waals surface area contributed by atoms with Gasteiger partial charge in [-0.1, -0.05) is 0 Å². The number of quaternary nitrogens is 1. The quantitative estimate of drug-likeness (QED) is 0.776. The highest BCUT2D eigenvalue weighted by Gasteiger charge is 2.51. The second-order valence-corrected chi connectivity index (χ2v) is 7.75. The van der Waals surface area contributed by atoms with Crippen LogP contribution in [0.3, 0.4) is 0 Å². The van der Waals surface area contributed by atoms with Crippen LogP contribution in [0.4, 0.5) is 0 Å². The Morgan fingerprint density at radius 1 is 1.16 bits per heavy atom. The number of amides is 1. The van der Waals surface area contributed by atoms with Crippen LogP contribution in [0.15, 0.2) is 0 Å². The highest BCUT2D eigenvalue weighted by Crippen LogP contribution is 2.57. The SMILES string of the molecule is C[NH+](C)CCNC(=O)C12CCC3CC(CC(C3)C1)C2. The van der Waals surface area contributed by atoms with Crippen molar-refractivity contribution in [2.24, 2.45) is 23.2 Å². The van der Waals surface area contributed by atoms with Crippen LogP contribution in [0.1, 0.15) is 44.9 Å². The van der Waals surface area contributed by atoms with E-state index in [1.54, 1.807) is 0 Å². The summed E-state index contributed by atoms with van der Waals surface area (Å²) >= 11 is 0. The summed E-state index contributed by atoms with van der Waals surface area (Å²) in [5, 5.41) is 3.24. The van der Waals surface area contributed by atoms with Crippen molar-refractivity contribution in [2.45, 2.75) is 44.9 Å². The molecule has 19 heavy (non-hydrogen) atoms. The molecular formula is C16H29N2O+. The Balaban J connectivity index is 1.66. The lowest BCUT2D eigenvalue weighted by Crippen LogP contribution is -3.06. The van der Waals surface area contributed by atoms with Crippen molar-refractivity contribution in [1.82, 2.24) is 5.32 Å². The van der Waals surface area contributed by atoms with E-state index in [0.717, 1.165) is 37.3 Å². The normalized spacial score (nSPS) is 40.5. The van der Waals surface area contributed by atoms with Crippen LogP contribution in [-0.2, 0) is 4.79 Å². The molecule has 0 aromatic heterocycles. The minimum Gasteiger partial charge on any atom is -0.350 e. The Labute approximate surface area is 117 Å². The van der Waals surface area contributed by atoms with Crippen LogP contribution in [0, 0.1) is 23.2 Å². The van der Waals surface area contributed by atoms with Crippen molar-refractivity contribution >= 4 is 5.91 Å². The maximum absolute atomic E-state index is 12.7. The molecule has 0 heterocycles. The summed E-state index contributed by atoms with van der Waals surface area (Å²) < 4.78 is 0. The molecule has 0 radical (unpaired) electrons. The highest BCUT2D eigenvalue weighted by atomic mass is 16.2. The molecule has 4 fully saturated rings. The molecule has 2 atom stereocenters. The molecular weight excluding hydrogens is 236 g/mol. The van der Waals surface area contributed by atoms with Crippen molar-refractivity contribution < 1.29 is 9.69 Å². The fraction of sp³-hybridized carbons (Fsp3) is 0.938. The monoisotopic (exact) mass is 265 g/mol. The van der Waals surface area contributed by atoms with Gasteiger partial charge < -0.3 is 10.2 Å². The van der Waals surface area contributed by atoms with Crippen LogP contribution in [0.5, 0.6) is 0 Å². The first kappa shape index (κ1) is 13.4. The van der Waals surface area contributed by atoms with E-state index in [4.69, 9.17) is 0 Å². The molecule has 0 saturated heterocycles. The van der Waals surface area contributed by atoms with Crippen molar-refractivity contribution in [3.05, 3.63) is 0 Å². The maximum Gasteiger partial charge on any atom is 0.226 e. The Kier molecular flexibility index (Phi) is 3.59. The van der Waals surface area contributed by atoms with Crippen LogP contribution in [0.2, 0.25) is 0 Å². The molecule has 108 valence electrons. The zero-order chi connectivity index (χ0) is 13.5. The molecule has 4 aliphatic rings. The van der Waals surface area contributed by atoms with Crippen LogP contribution in [0.25, 0.3) is 0 Å². The van der Waals surface area contributed by atoms with E-state index in [1.165, 1.54) is 43.4 Å². The van der Waals surface area contributed by atoms with E-state index in [1.807, 2.05) is 0 Å². The predicted molar refractivity (Wildman–Crippen MR) is 75.9 cm³/mol. The van der Waals surface area contributed by atoms with Gasteiger partial charge in [0, 0.05) is 5.41 Å². The average Bonchev–Trinajstić information content (AvgIpc) is 2.54. The lowest BCUT2D eigenvalue weighted by atomic mass is 9.61. The van der Waals surface area contributed by atoms with Gasteiger partial charge in [0.15, 0.2) is 0 Å². The molecule has 4 aliphatic carbocycles. The van der Waals surface area contributed by atoms with Gasteiger partial charge in [-0.15, -0.1) is 0 Å².